The Morgan fingerprint density at radius 3 is 2.65 bits per heavy atom. The molecule has 0 bridgehead atoms. The average molecular weight is 299 g/mol. The zero-order valence-corrected chi connectivity index (χ0v) is 12.4. The summed E-state index contributed by atoms with van der Waals surface area (Å²) >= 11 is 0. The van der Waals surface area contributed by atoms with Crippen molar-refractivity contribution in [2.24, 2.45) is 11.7 Å². The molecule has 1 aromatic carbocycles. The molecule has 2 atom stereocenters. The summed E-state index contributed by atoms with van der Waals surface area (Å²) in [6.07, 6.45) is 1.30. The first-order chi connectivity index (χ1) is 9.52. The fraction of sp³-hybridized carbons (Fsp3) is 0.571. The second-order valence-corrected chi connectivity index (χ2v) is 7.34. The predicted molar refractivity (Wildman–Crippen MR) is 77.8 cm³/mol. The first-order valence-corrected chi connectivity index (χ1v) is 8.56. The minimum atomic E-state index is -2.87. The molecule has 1 aliphatic heterocycles. The summed E-state index contributed by atoms with van der Waals surface area (Å²) in [7, 11) is -1.27. The van der Waals surface area contributed by atoms with Crippen LogP contribution in [0.15, 0.2) is 24.3 Å². The van der Waals surface area contributed by atoms with Crippen LogP contribution in [-0.2, 0) is 9.84 Å². The van der Waals surface area contributed by atoms with E-state index in [0.717, 1.165) is 0 Å². The van der Waals surface area contributed by atoms with Crippen molar-refractivity contribution in [2.75, 3.05) is 25.2 Å². The van der Waals surface area contributed by atoms with Gasteiger partial charge in [0.1, 0.15) is 0 Å². The summed E-state index contributed by atoms with van der Waals surface area (Å²) in [6.45, 7) is 0.456. The van der Waals surface area contributed by atoms with E-state index >= 15 is 0 Å². The standard InChI is InChI=1S/C14H21NO4S/c1-18-13-4-2-3-5-14(13)19-8-6-12(15)11-7-9-20(16,17)10-11/h2-5,11-12H,6-10,15H2,1H3. The Hall–Kier alpha value is -1.27. The maximum atomic E-state index is 11.4. The summed E-state index contributed by atoms with van der Waals surface area (Å²) in [5.74, 6) is 1.90. The van der Waals surface area contributed by atoms with Gasteiger partial charge >= 0.3 is 0 Å². The Bertz CT molecular complexity index is 544. The van der Waals surface area contributed by atoms with Gasteiger partial charge in [0.25, 0.3) is 0 Å². The zero-order valence-electron chi connectivity index (χ0n) is 11.6. The fourth-order valence-electron chi connectivity index (χ4n) is 2.44. The van der Waals surface area contributed by atoms with Gasteiger partial charge in [-0.25, -0.2) is 8.42 Å². The number of rotatable bonds is 6. The molecule has 2 rings (SSSR count). The Labute approximate surface area is 120 Å². The van der Waals surface area contributed by atoms with Crippen molar-refractivity contribution in [2.45, 2.75) is 18.9 Å². The molecular formula is C14H21NO4S. The third-order valence-electron chi connectivity index (χ3n) is 3.65. The molecule has 0 aromatic heterocycles. The van der Waals surface area contributed by atoms with Crippen LogP contribution in [0.2, 0.25) is 0 Å². The monoisotopic (exact) mass is 299 g/mol. The van der Waals surface area contributed by atoms with Crippen LogP contribution in [-0.4, -0.2) is 39.7 Å². The molecule has 0 spiro atoms. The summed E-state index contributed by atoms with van der Waals surface area (Å²) in [4.78, 5) is 0. The highest BCUT2D eigenvalue weighted by Crippen LogP contribution is 2.27. The molecule has 0 aliphatic carbocycles. The van der Waals surface area contributed by atoms with Gasteiger partial charge in [0, 0.05) is 6.04 Å². The van der Waals surface area contributed by atoms with E-state index in [1.54, 1.807) is 7.11 Å². The molecule has 1 saturated heterocycles. The molecule has 0 amide bonds. The van der Waals surface area contributed by atoms with Gasteiger partial charge in [0.15, 0.2) is 21.3 Å². The van der Waals surface area contributed by atoms with Crippen molar-refractivity contribution in [1.29, 1.82) is 0 Å². The average Bonchev–Trinajstić information content (AvgIpc) is 2.79. The van der Waals surface area contributed by atoms with Crippen LogP contribution >= 0.6 is 0 Å². The normalized spacial score (nSPS) is 22.4. The van der Waals surface area contributed by atoms with Crippen LogP contribution in [0.1, 0.15) is 12.8 Å². The van der Waals surface area contributed by atoms with Crippen LogP contribution in [0.3, 0.4) is 0 Å². The first kappa shape index (κ1) is 15.1. The topological polar surface area (TPSA) is 78.6 Å². The Balaban J connectivity index is 1.81. The summed E-state index contributed by atoms with van der Waals surface area (Å²) in [5, 5.41) is 0. The third kappa shape index (κ3) is 3.86. The van der Waals surface area contributed by atoms with Gasteiger partial charge in [-0.05, 0) is 30.9 Å². The molecule has 6 heteroatoms. The highest BCUT2D eigenvalue weighted by molar-refractivity contribution is 7.91. The molecule has 2 N–H and O–H groups in total. The lowest BCUT2D eigenvalue weighted by Gasteiger charge is -2.18. The Morgan fingerprint density at radius 2 is 2.05 bits per heavy atom. The molecule has 2 unspecified atom stereocenters. The Morgan fingerprint density at radius 1 is 1.35 bits per heavy atom. The third-order valence-corrected chi connectivity index (χ3v) is 5.44. The lowest BCUT2D eigenvalue weighted by atomic mass is 9.98. The number of methoxy groups -OCH3 is 1. The number of sulfone groups is 1. The molecule has 112 valence electrons. The summed E-state index contributed by atoms with van der Waals surface area (Å²) < 4.78 is 33.7. The van der Waals surface area contributed by atoms with Gasteiger partial charge in [-0.3, -0.25) is 0 Å². The molecule has 20 heavy (non-hydrogen) atoms. The van der Waals surface area contributed by atoms with Crippen LogP contribution in [0.4, 0.5) is 0 Å². The smallest absolute Gasteiger partial charge is 0.161 e. The largest absolute Gasteiger partial charge is 0.493 e. The van der Waals surface area contributed by atoms with Crippen LogP contribution in [0.5, 0.6) is 11.5 Å². The number of benzene rings is 1. The highest BCUT2D eigenvalue weighted by atomic mass is 32.2. The van der Waals surface area contributed by atoms with E-state index in [9.17, 15) is 8.42 Å². The quantitative estimate of drug-likeness (QED) is 0.854. The Kier molecular flexibility index (Phi) is 4.88. The molecule has 0 radical (unpaired) electrons. The van der Waals surface area contributed by atoms with Crippen LogP contribution < -0.4 is 15.2 Å². The second kappa shape index (κ2) is 6.45. The van der Waals surface area contributed by atoms with Crippen molar-refractivity contribution in [1.82, 2.24) is 0 Å². The van der Waals surface area contributed by atoms with Gasteiger partial charge in [0.05, 0.1) is 25.2 Å². The maximum absolute atomic E-state index is 11.4. The van der Waals surface area contributed by atoms with Gasteiger partial charge in [-0.1, -0.05) is 12.1 Å². The van der Waals surface area contributed by atoms with Crippen LogP contribution in [0.25, 0.3) is 0 Å². The maximum Gasteiger partial charge on any atom is 0.161 e. The lowest BCUT2D eigenvalue weighted by molar-refractivity contribution is 0.265. The van der Waals surface area contributed by atoms with E-state index in [1.807, 2.05) is 24.3 Å². The summed E-state index contributed by atoms with van der Waals surface area (Å²) in [5.41, 5.74) is 6.06. The van der Waals surface area contributed by atoms with Crippen molar-refractivity contribution in [3.63, 3.8) is 0 Å². The van der Waals surface area contributed by atoms with Crippen molar-refractivity contribution < 1.29 is 17.9 Å². The number of hydrogen-bond donors (Lipinski definition) is 1. The van der Waals surface area contributed by atoms with Gasteiger partial charge in [0.2, 0.25) is 0 Å². The highest BCUT2D eigenvalue weighted by Gasteiger charge is 2.31. The molecular weight excluding hydrogens is 278 g/mol. The molecule has 0 saturated carbocycles. The van der Waals surface area contributed by atoms with Gasteiger partial charge in [-0.15, -0.1) is 0 Å². The van der Waals surface area contributed by atoms with E-state index < -0.39 is 9.84 Å². The van der Waals surface area contributed by atoms with E-state index in [2.05, 4.69) is 0 Å². The van der Waals surface area contributed by atoms with Crippen LogP contribution in [0, 0.1) is 5.92 Å². The fourth-order valence-corrected chi connectivity index (χ4v) is 4.33. The minimum absolute atomic E-state index is 0.0567. The van der Waals surface area contributed by atoms with Gasteiger partial charge in [-0.2, -0.15) is 0 Å². The molecule has 1 aliphatic rings. The van der Waals surface area contributed by atoms with Crippen molar-refractivity contribution >= 4 is 9.84 Å². The number of para-hydroxylation sites is 2. The minimum Gasteiger partial charge on any atom is -0.493 e. The van der Waals surface area contributed by atoms with E-state index in [-0.39, 0.29) is 23.5 Å². The summed E-state index contributed by atoms with van der Waals surface area (Å²) in [6, 6.07) is 7.28. The number of hydrogen-bond acceptors (Lipinski definition) is 5. The first-order valence-electron chi connectivity index (χ1n) is 6.73. The van der Waals surface area contributed by atoms with Gasteiger partial charge < -0.3 is 15.2 Å². The number of nitrogens with two attached hydrogens (primary N) is 1. The predicted octanol–water partition coefficient (Wildman–Crippen LogP) is 1.23. The van der Waals surface area contributed by atoms with Crippen molar-refractivity contribution in [3.05, 3.63) is 24.3 Å². The molecule has 1 aromatic rings. The lowest BCUT2D eigenvalue weighted by Crippen LogP contribution is -2.32. The SMILES string of the molecule is COc1ccccc1OCCC(N)C1CCS(=O)(=O)C1. The van der Waals surface area contributed by atoms with E-state index in [0.29, 0.717) is 30.9 Å². The van der Waals surface area contributed by atoms with E-state index in [1.165, 1.54) is 0 Å². The molecule has 1 fully saturated rings. The zero-order chi connectivity index (χ0) is 14.6. The second-order valence-electron chi connectivity index (χ2n) is 5.11. The van der Waals surface area contributed by atoms with E-state index in [4.69, 9.17) is 15.2 Å². The van der Waals surface area contributed by atoms with Crippen molar-refractivity contribution in [3.8, 4) is 11.5 Å². The molecule has 5 nitrogen and oxygen atoms in total. The number of ether oxygens (including phenoxy) is 2. The molecule has 1 heterocycles.